The number of sulfonamides is 1. The minimum atomic E-state index is -4.01. The first-order chi connectivity index (χ1) is 18.6. The van der Waals surface area contributed by atoms with Crippen LogP contribution in [0.1, 0.15) is 23.1 Å². The molecule has 0 aliphatic heterocycles. The quantitative estimate of drug-likeness (QED) is 0.207. The summed E-state index contributed by atoms with van der Waals surface area (Å²) >= 11 is 0. The summed E-state index contributed by atoms with van der Waals surface area (Å²) in [6.45, 7) is 5.58. The van der Waals surface area contributed by atoms with Gasteiger partial charge >= 0.3 is 11.9 Å². The Labute approximate surface area is 227 Å². The molecule has 0 aliphatic carbocycles. The third-order valence-corrected chi connectivity index (χ3v) is 8.17. The summed E-state index contributed by atoms with van der Waals surface area (Å²) in [6, 6.07) is 23.1. The first kappa shape index (κ1) is 27.7. The predicted molar refractivity (Wildman–Crippen MR) is 148 cm³/mol. The van der Waals surface area contributed by atoms with Crippen LogP contribution in [0.5, 0.6) is 0 Å². The van der Waals surface area contributed by atoms with Gasteiger partial charge in [0, 0.05) is 24.1 Å². The second-order valence-electron chi connectivity index (χ2n) is 9.21. The van der Waals surface area contributed by atoms with E-state index in [1.165, 1.54) is 19.2 Å². The molecule has 0 unspecified atom stereocenters. The molecule has 1 aromatic heterocycles. The molecular formula is C30H30N2O6S. The zero-order chi connectivity index (χ0) is 28.0. The standard InChI is InChI=1S/C30H30N2O6S/c1-21-13-15-26(16-14-21)39(35,36)32(3)22(2)38-30(34)24(17-25-19-31-28-12-8-7-11-27(25)28)18-29(33)37-20-23-9-5-4-6-10-23/h4-16,19,24,31H,2,17-18,20H2,1,3H3/t24-/m1/s1. The zero-order valence-electron chi connectivity index (χ0n) is 21.8. The lowest BCUT2D eigenvalue weighted by Gasteiger charge is -2.23. The highest BCUT2D eigenvalue weighted by Gasteiger charge is 2.30. The van der Waals surface area contributed by atoms with E-state index in [1.54, 1.807) is 18.3 Å². The van der Waals surface area contributed by atoms with Gasteiger partial charge in [0.2, 0.25) is 5.88 Å². The number of esters is 2. The maximum absolute atomic E-state index is 13.3. The van der Waals surface area contributed by atoms with E-state index in [1.807, 2.05) is 61.5 Å². The molecular weight excluding hydrogens is 516 g/mol. The lowest BCUT2D eigenvalue weighted by Crippen LogP contribution is -2.31. The Balaban J connectivity index is 1.50. The van der Waals surface area contributed by atoms with Crippen molar-refractivity contribution in [2.45, 2.75) is 31.3 Å². The summed E-state index contributed by atoms with van der Waals surface area (Å²) in [5, 5.41) is 0.908. The van der Waals surface area contributed by atoms with Gasteiger partial charge in [-0.3, -0.25) is 9.59 Å². The first-order valence-electron chi connectivity index (χ1n) is 12.4. The van der Waals surface area contributed by atoms with Gasteiger partial charge in [-0.15, -0.1) is 0 Å². The molecule has 4 rings (SSSR count). The fourth-order valence-electron chi connectivity index (χ4n) is 4.07. The summed E-state index contributed by atoms with van der Waals surface area (Å²) in [5.41, 5.74) is 3.42. The van der Waals surface area contributed by atoms with Crippen molar-refractivity contribution in [1.82, 2.24) is 9.29 Å². The van der Waals surface area contributed by atoms with Crippen LogP contribution < -0.4 is 0 Å². The highest BCUT2D eigenvalue weighted by Crippen LogP contribution is 2.25. The third-order valence-electron chi connectivity index (χ3n) is 6.38. The van der Waals surface area contributed by atoms with Crippen LogP contribution in [0.15, 0.2) is 102 Å². The Morgan fingerprint density at radius 3 is 2.36 bits per heavy atom. The molecule has 9 heteroatoms. The molecule has 0 aliphatic rings. The number of aryl methyl sites for hydroxylation is 1. The van der Waals surface area contributed by atoms with E-state index >= 15 is 0 Å². The van der Waals surface area contributed by atoms with E-state index in [2.05, 4.69) is 11.6 Å². The van der Waals surface area contributed by atoms with Crippen molar-refractivity contribution >= 4 is 32.9 Å². The number of nitrogens with one attached hydrogen (secondary N) is 1. The second kappa shape index (κ2) is 12.0. The molecule has 39 heavy (non-hydrogen) atoms. The average Bonchev–Trinajstić information content (AvgIpc) is 3.34. The monoisotopic (exact) mass is 546 g/mol. The van der Waals surface area contributed by atoms with Crippen molar-refractivity contribution < 1.29 is 27.5 Å². The summed E-state index contributed by atoms with van der Waals surface area (Å²) in [6.07, 6.45) is 1.70. The maximum Gasteiger partial charge on any atom is 0.316 e. The zero-order valence-corrected chi connectivity index (χ0v) is 22.6. The van der Waals surface area contributed by atoms with Crippen LogP contribution in [0.4, 0.5) is 0 Å². The largest absolute Gasteiger partial charge is 0.461 e. The second-order valence-corrected chi connectivity index (χ2v) is 11.2. The Kier molecular flexibility index (Phi) is 8.51. The molecule has 3 aromatic carbocycles. The van der Waals surface area contributed by atoms with Crippen molar-refractivity contribution in [2.75, 3.05) is 7.05 Å². The number of carbonyl (C=O) groups excluding carboxylic acids is 2. The number of benzene rings is 3. The van der Waals surface area contributed by atoms with Crippen LogP contribution in [0.25, 0.3) is 10.9 Å². The summed E-state index contributed by atoms with van der Waals surface area (Å²) in [7, 11) is -2.75. The SMILES string of the molecule is C=C(OC(=O)[C@@H](CC(=O)OCc1ccccc1)Cc1c[nH]c2ccccc12)N(C)S(=O)(=O)c1ccc(C)cc1. The van der Waals surface area contributed by atoms with Crippen molar-refractivity contribution in [3.8, 4) is 0 Å². The number of nitrogens with zero attached hydrogens (tertiary/aromatic N) is 1. The van der Waals surface area contributed by atoms with E-state index < -0.39 is 27.9 Å². The fraction of sp³-hybridized carbons (Fsp3) is 0.200. The van der Waals surface area contributed by atoms with Crippen molar-refractivity contribution in [1.29, 1.82) is 0 Å². The Morgan fingerprint density at radius 1 is 0.974 bits per heavy atom. The van der Waals surface area contributed by atoms with E-state index in [0.29, 0.717) is 0 Å². The van der Waals surface area contributed by atoms with Gasteiger partial charge in [-0.1, -0.05) is 66.2 Å². The number of aromatic nitrogens is 1. The Hall–Kier alpha value is -4.37. The molecule has 0 bridgehead atoms. The molecule has 1 atom stereocenters. The molecule has 0 saturated heterocycles. The summed E-state index contributed by atoms with van der Waals surface area (Å²) < 4.78 is 37.7. The summed E-state index contributed by atoms with van der Waals surface area (Å²) in [5.74, 6) is -2.68. The average molecular weight is 547 g/mol. The normalized spacial score (nSPS) is 12.1. The minimum Gasteiger partial charge on any atom is -0.461 e. The van der Waals surface area contributed by atoms with Crippen LogP contribution in [0, 0.1) is 12.8 Å². The minimum absolute atomic E-state index is 0.0348. The molecule has 0 saturated carbocycles. The van der Waals surface area contributed by atoms with Crippen LogP contribution in [-0.4, -0.2) is 36.7 Å². The molecule has 8 nitrogen and oxygen atoms in total. The highest BCUT2D eigenvalue weighted by molar-refractivity contribution is 7.89. The third kappa shape index (κ3) is 6.74. The number of para-hydroxylation sites is 1. The highest BCUT2D eigenvalue weighted by atomic mass is 32.2. The number of carbonyl (C=O) groups is 2. The van der Waals surface area contributed by atoms with Gasteiger partial charge in [-0.25, -0.2) is 12.7 Å². The van der Waals surface area contributed by atoms with E-state index in [-0.39, 0.29) is 30.2 Å². The maximum atomic E-state index is 13.3. The van der Waals surface area contributed by atoms with Gasteiger partial charge in [0.15, 0.2) is 0 Å². The van der Waals surface area contributed by atoms with Gasteiger partial charge < -0.3 is 14.5 Å². The number of fused-ring (bicyclic) bond motifs is 1. The molecule has 202 valence electrons. The first-order valence-corrected chi connectivity index (χ1v) is 13.8. The van der Waals surface area contributed by atoms with Crippen LogP contribution >= 0.6 is 0 Å². The van der Waals surface area contributed by atoms with Gasteiger partial charge in [-0.05, 0) is 49.2 Å². The lowest BCUT2D eigenvalue weighted by molar-refractivity contribution is -0.154. The predicted octanol–water partition coefficient (Wildman–Crippen LogP) is 5.10. The fourth-order valence-corrected chi connectivity index (χ4v) is 5.17. The van der Waals surface area contributed by atoms with Gasteiger partial charge in [0.05, 0.1) is 17.2 Å². The molecule has 0 amide bonds. The molecule has 0 radical (unpaired) electrons. The number of hydrogen-bond acceptors (Lipinski definition) is 6. The molecule has 4 aromatic rings. The Morgan fingerprint density at radius 2 is 1.64 bits per heavy atom. The summed E-state index contributed by atoms with van der Waals surface area (Å²) in [4.78, 5) is 29.3. The number of rotatable bonds is 11. The molecule has 0 spiro atoms. The van der Waals surface area contributed by atoms with Crippen LogP contribution in [-0.2, 0) is 42.1 Å². The number of H-pyrrole nitrogens is 1. The van der Waals surface area contributed by atoms with E-state index in [0.717, 1.165) is 31.9 Å². The topological polar surface area (TPSA) is 106 Å². The number of aromatic amines is 1. The van der Waals surface area contributed by atoms with Gasteiger partial charge in [0.1, 0.15) is 6.61 Å². The number of ether oxygens (including phenoxy) is 2. The number of hydrogen-bond donors (Lipinski definition) is 1. The van der Waals surface area contributed by atoms with E-state index in [9.17, 15) is 18.0 Å². The van der Waals surface area contributed by atoms with Crippen LogP contribution in [0.2, 0.25) is 0 Å². The van der Waals surface area contributed by atoms with Crippen molar-refractivity contribution in [3.05, 3.63) is 114 Å². The van der Waals surface area contributed by atoms with Crippen LogP contribution in [0.3, 0.4) is 0 Å². The van der Waals surface area contributed by atoms with Crippen molar-refractivity contribution in [3.63, 3.8) is 0 Å². The smallest absolute Gasteiger partial charge is 0.316 e. The lowest BCUT2D eigenvalue weighted by atomic mass is 9.96. The molecule has 0 fully saturated rings. The molecule has 1 N–H and O–H groups in total. The molecule has 1 heterocycles. The van der Waals surface area contributed by atoms with E-state index in [4.69, 9.17) is 9.47 Å². The van der Waals surface area contributed by atoms with Gasteiger partial charge in [0.25, 0.3) is 10.0 Å². The van der Waals surface area contributed by atoms with Crippen molar-refractivity contribution in [2.24, 2.45) is 5.92 Å². The van der Waals surface area contributed by atoms with Gasteiger partial charge in [-0.2, -0.15) is 0 Å². The Bertz CT molecular complexity index is 1580.